The lowest BCUT2D eigenvalue weighted by molar-refractivity contribution is -0.115. The van der Waals surface area contributed by atoms with Crippen molar-refractivity contribution in [1.82, 2.24) is 0 Å². The molecule has 0 saturated carbocycles. The van der Waals surface area contributed by atoms with Gasteiger partial charge in [0.15, 0.2) is 0 Å². The number of rotatable bonds is 6. The Hall–Kier alpha value is -3.33. The normalized spacial score (nSPS) is 9.67. The van der Waals surface area contributed by atoms with Crippen molar-refractivity contribution in [2.24, 2.45) is 0 Å². The smallest absolute Gasteiger partial charge is 0.337 e. The van der Waals surface area contributed by atoms with Gasteiger partial charge in [0, 0.05) is 18.7 Å². The van der Waals surface area contributed by atoms with E-state index >= 15 is 0 Å². The number of nitriles is 1. The molecule has 0 aliphatic rings. The Morgan fingerprint density at radius 3 is 2.50 bits per heavy atom. The van der Waals surface area contributed by atoms with E-state index in [9.17, 15) is 9.59 Å². The van der Waals surface area contributed by atoms with E-state index in [-0.39, 0.29) is 12.3 Å². The topological polar surface area (TPSA) is 91.2 Å². The largest absolute Gasteiger partial charge is 0.465 e. The van der Waals surface area contributed by atoms with Crippen molar-refractivity contribution in [3.63, 3.8) is 0 Å². The number of benzene rings is 2. The maximum atomic E-state index is 11.9. The highest BCUT2D eigenvalue weighted by atomic mass is 16.5. The fourth-order valence-corrected chi connectivity index (χ4v) is 2.06. The van der Waals surface area contributed by atoms with Crippen molar-refractivity contribution in [2.75, 3.05) is 24.3 Å². The average Bonchev–Trinajstić information content (AvgIpc) is 2.62. The second kappa shape index (κ2) is 8.34. The van der Waals surface area contributed by atoms with Gasteiger partial charge in [-0.1, -0.05) is 12.1 Å². The van der Waals surface area contributed by atoms with E-state index in [1.165, 1.54) is 7.11 Å². The second-order valence-corrected chi connectivity index (χ2v) is 4.95. The third kappa shape index (κ3) is 4.58. The third-order valence-electron chi connectivity index (χ3n) is 3.31. The van der Waals surface area contributed by atoms with Crippen LogP contribution in [0.1, 0.15) is 22.3 Å². The first-order chi connectivity index (χ1) is 11.6. The first kappa shape index (κ1) is 17.0. The van der Waals surface area contributed by atoms with E-state index < -0.39 is 5.97 Å². The van der Waals surface area contributed by atoms with Crippen molar-refractivity contribution in [2.45, 2.75) is 6.42 Å². The van der Waals surface area contributed by atoms with E-state index in [2.05, 4.69) is 15.4 Å². The molecule has 122 valence electrons. The van der Waals surface area contributed by atoms with Gasteiger partial charge in [0.2, 0.25) is 5.91 Å². The van der Waals surface area contributed by atoms with Gasteiger partial charge in [0.05, 0.1) is 23.9 Å². The van der Waals surface area contributed by atoms with Crippen LogP contribution < -0.4 is 10.6 Å². The van der Waals surface area contributed by atoms with Crippen LogP contribution in [0.2, 0.25) is 0 Å². The van der Waals surface area contributed by atoms with E-state index in [1.807, 2.05) is 6.07 Å². The zero-order valence-electron chi connectivity index (χ0n) is 13.2. The van der Waals surface area contributed by atoms with E-state index in [1.54, 1.807) is 48.5 Å². The Morgan fingerprint density at radius 2 is 1.83 bits per heavy atom. The van der Waals surface area contributed by atoms with Gasteiger partial charge < -0.3 is 15.4 Å². The number of para-hydroxylation sites is 1. The predicted octanol–water partition coefficient (Wildman–Crippen LogP) is 2.79. The molecule has 0 heterocycles. The molecule has 0 aromatic heterocycles. The first-order valence-corrected chi connectivity index (χ1v) is 7.35. The number of carbonyl (C=O) groups excluding carboxylic acids is 2. The van der Waals surface area contributed by atoms with Gasteiger partial charge in [-0.15, -0.1) is 0 Å². The van der Waals surface area contributed by atoms with Crippen molar-refractivity contribution >= 4 is 23.3 Å². The Morgan fingerprint density at radius 1 is 1.12 bits per heavy atom. The lowest BCUT2D eigenvalue weighted by Crippen LogP contribution is -2.16. The summed E-state index contributed by atoms with van der Waals surface area (Å²) in [5.41, 5.74) is 2.20. The number of anilines is 2. The molecule has 2 rings (SSSR count). The summed E-state index contributed by atoms with van der Waals surface area (Å²) >= 11 is 0. The van der Waals surface area contributed by atoms with Gasteiger partial charge in [-0.05, 0) is 36.4 Å². The zero-order chi connectivity index (χ0) is 17.4. The van der Waals surface area contributed by atoms with Gasteiger partial charge >= 0.3 is 5.97 Å². The van der Waals surface area contributed by atoms with Crippen LogP contribution in [0.3, 0.4) is 0 Å². The molecule has 6 heteroatoms. The number of nitrogens with one attached hydrogen (secondary N) is 2. The van der Waals surface area contributed by atoms with Crippen LogP contribution in [0.4, 0.5) is 11.4 Å². The average molecular weight is 323 g/mol. The fourth-order valence-electron chi connectivity index (χ4n) is 2.06. The molecule has 0 aliphatic heterocycles. The highest BCUT2D eigenvalue weighted by molar-refractivity contribution is 5.92. The van der Waals surface area contributed by atoms with Gasteiger partial charge in [-0.3, -0.25) is 4.79 Å². The van der Waals surface area contributed by atoms with Gasteiger partial charge in [0.1, 0.15) is 6.07 Å². The molecule has 0 saturated heterocycles. The zero-order valence-corrected chi connectivity index (χ0v) is 13.2. The van der Waals surface area contributed by atoms with Crippen LogP contribution in [0.15, 0.2) is 48.5 Å². The minimum Gasteiger partial charge on any atom is -0.465 e. The van der Waals surface area contributed by atoms with E-state index in [4.69, 9.17) is 5.26 Å². The number of ether oxygens (including phenoxy) is 1. The standard InChI is InChI=1S/C18H17N3O3/c1-24-18(23)13-6-8-15(9-7-13)20-11-10-17(22)21-16-5-3-2-4-14(16)12-19/h2-9,20H,10-11H2,1H3,(H,21,22). The summed E-state index contributed by atoms with van der Waals surface area (Å²) in [5.74, 6) is -0.575. The maximum Gasteiger partial charge on any atom is 0.337 e. The minimum atomic E-state index is -0.392. The van der Waals surface area contributed by atoms with Crippen molar-refractivity contribution in [1.29, 1.82) is 5.26 Å². The number of hydrogen-bond acceptors (Lipinski definition) is 5. The molecular weight excluding hydrogens is 306 g/mol. The van der Waals surface area contributed by atoms with Crippen LogP contribution in [0.5, 0.6) is 0 Å². The maximum absolute atomic E-state index is 11.9. The Labute approximate surface area is 140 Å². The molecule has 24 heavy (non-hydrogen) atoms. The summed E-state index contributed by atoms with van der Waals surface area (Å²) < 4.78 is 4.63. The van der Waals surface area contributed by atoms with Crippen LogP contribution in [-0.2, 0) is 9.53 Å². The number of nitrogens with zero attached hydrogens (tertiary/aromatic N) is 1. The summed E-state index contributed by atoms with van der Waals surface area (Å²) in [6, 6.07) is 15.7. The van der Waals surface area contributed by atoms with Crippen molar-refractivity contribution in [3.8, 4) is 6.07 Å². The lowest BCUT2D eigenvalue weighted by Gasteiger charge is -2.09. The molecule has 2 N–H and O–H groups in total. The molecule has 1 amide bonds. The molecule has 0 fully saturated rings. The lowest BCUT2D eigenvalue weighted by atomic mass is 10.2. The van der Waals surface area contributed by atoms with Crippen LogP contribution in [0, 0.1) is 11.3 Å². The number of carbonyl (C=O) groups is 2. The number of hydrogen-bond donors (Lipinski definition) is 2. The molecule has 0 spiro atoms. The fraction of sp³-hybridized carbons (Fsp3) is 0.167. The van der Waals surface area contributed by atoms with Crippen LogP contribution in [-0.4, -0.2) is 25.5 Å². The predicted molar refractivity (Wildman–Crippen MR) is 90.7 cm³/mol. The van der Waals surface area contributed by atoms with Crippen molar-refractivity contribution in [3.05, 3.63) is 59.7 Å². The summed E-state index contributed by atoms with van der Waals surface area (Å²) in [7, 11) is 1.33. The highest BCUT2D eigenvalue weighted by Crippen LogP contribution is 2.14. The molecule has 0 bridgehead atoms. The SMILES string of the molecule is COC(=O)c1ccc(NCCC(=O)Nc2ccccc2C#N)cc1. The molecule has 0 aliphatic carbocycles. The third-order valence-corrected chi connectivity index (χ3v) is 3.31. The minimum absolute atomic E-state index is 0.184. The molecule has 2 aromatic carbocycles. The molecule has 6 nitrogen and oxygen atoms in total. The Bertz CT molecular complexity index is 764. The van der Waals surface area contributed by atoms with Gasteiger partial charge in [-0.2, -0.15) is 5.26 Å². The summed E-state index contributed by atoms with van der Waals surface area (Å²) in [6.07, 6.45) is 0.249. The molecule has 0 atom stereocenters. The number of methoxy groups -OCH3 is 1. The van der Waals surface area contributed by atoms with Crippen LogP contribution in [0.25, 0.3) is 0 Å². The number of amides is 1. The summed E-state index contributed by atoms with van der Waals surface area (Å²) in [6.45, 7) is 0.429. The summed E-state index contributed by atoms with van der Waals surface area (Å²) in [5, 5.41) is 14.8. The molecule has 0 radical (unpaired) electrons. The Balaban J connectivity index is 1.82. The molecular formula is C18H17N3O3. The van der Waals surface area contributed by atoms with Gasteiger partial charge in [-0.25, -0.2) is 4.79 Å². The molecule has 2 aromatic rings. The monoisotopic (exact) mass is 323 g/mol. The quantitative estimate of drug-likeness (QED) is 0.798. The van der Waals surface area contributed by atoms with Crippen LogP contribution >= 0.6 is 0 Å². The van der Waals surface area contributed by atoms with Crippen molar-refractivity contribution < 1.29 is 14.3 Å². The Kier molecular flexibility index (Phi) is 5.92. The first-order valence-electron chi connectivity index (χ1n) is 7.35. The van der Waals surface area contributed by atoms with E-state index in [0.717, 1.165) is 5.69 Å². The summed E-state index contributed by atoms with van der Waals surface area (Å²) in [4.78, 5) is 23.3. The second-order valence-electron chi connectivity index (χ2n) is 4.95. The van der Waals surface area contributed by atoms with Gasteiger partial charge in [0.25, 0.3) is 0 Å². The number of esters is 1. The molecule has 0 unspecified atom stereocenters. The highest BCUT2D eigenvalue weighted by Gasteiger charge is 2.07. The van der Waals surface area contributed by atoms with E-state index in [0.29, 0.717) is 23.4 Å².